The van der Waals surface area contributed by atoms with Crippen molar-refractivity contribution in [1.29, 1.82) is 0 Å². The lowest BCUT2D eigenvalue weighted by molar-refractivity contribution is -0.232. The number of aromatic hydroxyl groups is 4. The molecule has 2 aliphatic heterocycles. The molecule has 15 nitrogen and oxygen atoms in total. The van der Waals surface area contributed by atoms with E-state index in [1.807, 2.05) is 0 Å². The standard InChI is InChI=1S/C26H28O15/c27-5-13-18(33)21(36)23(38)26(41-13)15-19(34)14-10(30)4-12(7-1-2-8(28)9(29)3-7)40-24(14)16(20(15)35)25-22(37)17(32)11(31)6-39-25/h1-4,11,13,17-18,21-23,25-29,31-38H,5-6H2/t11-,13-,17-,18+,21-,22-,23+,25-,26-/m0/s1. The molecule has 0 spiro atoms. The van der Waals surface area contributed by atoms with Gasteiger partial charge >= 0.3 is 0 Å². The molecule has 15 heteroatoms. The maximum Gasteiger partial charge on any atom is 0.197 e. The number of benzene rings is 2. The zero-order valence-corrected chi connectivity index (χ0v) is 21.0. The van der Waals surface area contributed by atoms with E-state index in [2.05, 4.69) is 0 Å². The molecule has 0 unspecified atom stereocenters. The Labute approximate surface area is 229 Å². The molecular formula is C26H28O15. The van der Waals surface area contributed by atoms with Crippen LogP contribution in [-0.2, 0) is 9.47 Å². The molecule has 222 valence electrons. The van der Waals surface area contributed by atoms with Crippen LogP contribution in [0, 0.1) is 0 Å². The van der Waals surface area contributed by atoms with Gasteiger partial charge in [-0.2, -0.15) is 0 Å². The number of hydrogen-bond acceptors (Lipinski definition) is 15. The van der Waals surface area contributed by atoms with Gasteiger partial charge in [0.05, 0.1) is 24.3 Å². The van der Waals surface area contributed by atoms with Gasteiger partial charge in [0, 0.05) is 11.6 Å². The Morgan fingerprint density at radius 2 is 1.44 bits per heavy atom. The molecular weight excluding hydrogens is 552 g/mol. The summed E-state index contributed by atoms with van der Waals surface area (Å²) in [5, 5.41) is 113. The van der Waals surface area contributed by atoms with Crippen LogP contribution in [0.15, 0.2) is 33.5 Å². The van der Waals surface area contributed by atoms with E-state index in [9.17, 15) is 61.0 Å². The van der Waals surface area contributed by atoms with Gasteiger partial charge in [0.1, 0.15) is 77.6 Å². The second-order valence-corrected chi connectivity index (χ2v) is 9.96. The first-order chi connectivity index (χ1) is 19.4. The first-order valence-corrected chi connectivity index (χ1v) is 12.4. The number of phenolic OH excluding ortho intramolecular Hbond substituents is 4. The number of rotatable bonds is 4. The van der Waals surface area contributed by atoms with Crippen LogP contribution in [0.2, 0.25) is 0 Å². The fourth-order valence-electron chi connectivity index (χ4n) is 5.16. The van der Waals surface area contributed by atoms with Gasteiger partial charge in [0.25, 0.3) is 0 Å². The predicted molar refractivity (Wildman–Crippen MR) is 134 cm³/mol. The quantitative estimate of drug-likeness (QED) is 0.148. The molecule has 41 heavy (non-hydrogen) atoms. The second-order valence-electron chi connectivity index (χ2n) is 9.96. The number of aliphatic hydroxyl groups excluding tert-OH is 7. The summed E-state index contributed by atoms with van der Waals surface area (Å²) in [6, 6.07) is 4.36. The molecule has 2 aliphatic rings. The smallest absolute Gasteiger partial charge is 0.197 e. The summed E-state index contributed by atoms with van der Waals surface area (Å²) in [4.78, 5) is 13.4. The van der Waals surface area contributed by atoms with E-state index in [0.717, 1.165) is 18.2 Å². The Kier molecular flexibility index (Phi) is 7.58. The Morgan fingerprint density at radius 1 is 0.756 bits per heavy atom. The van der Waals surface area contributed by atoms with Crippen molar-refractivity contribution < 1.29 is 70.1 Å². The zero-order chi connectivity index (χ0) is 29.9. The van der Waals surface area contributed by atoms with Gasteiger partial charge in [-0.3, -0.25) is 4.79 Å². The Morgan fingerprint density at radius 3 is 2.10 bits per heavy atom. The van der Waals surface area contributed by atoms with Gasteiger partial charge < -0.3 is 70.1 Å². The number of aliphatic hydroxyl groups is 7. The highest BCUT2D eigenvalue weighted by Gasteiger charge is 2.48. The Bertz CT molecular complexity index is 1520. The van der Waals surface area contributed by atoms with Crippen LogP contribution in [0.25, 0.3) is 22.3 Å². The van der Waals surface area contributed by atoms with E-state index in [1.165, 1.54) is 6.07 Å². The molecule has 2 saturated heterocycles. The molecule has 0 saturated carbocycles. The van der Waals surface area contributed by atoms with E-state index in [-0.39, 0.29) is 11.3 Å². The number of fused-ring (bicyclic) bond motifs is 1. The van der Waals surface area contributed by atoms with Crippen LogP contribution in [0.1, 0.15) is 23.3 Å². The average Bonchev–Trinajstić information content (AvgIpc) is 2.93. The summed E-state index contributed by atoms with van der Waals surface area (Å²) in [7, 11) is 0. The summed E-state index contributed by atoms with van der Waals surface area (Å²) in [6.45, 7) is -1.39. The highest BCUT2D eigenvalue weighted by atomic mass is 16.5. The number of ether oxygens (including phenoxy) is 2. The number of hydrogen-bond donors (Lipinski definition) is 11. The van der Waals surface area contributed by atoms with Crippen LogP contribution >= 0.6 is 0 Å². The fraction of sp³-hybridized carbons (Fsp3) is 0.423. The first-order valence-electron chi connectivity index (χ1n) is 12.4. The van der Waals surface area contributed by atoms with Crippen molar-refractivity contribution in [2.75, 3.05) is 13.2 Å². The van der Waals surface area contributed by atoms with Crippen molar-refractivity contribution in [2.45, 2.75) is 54.9 Å². The highest BCUT2D eigenvalue weighted by Crippen LogP contribution is 2.50. The third-order valence-electron chi connectivity index (χ3n) is 7.42. The molecule has 3 aromatic rings. The summed E-state index contributed by atoms with van der Waals surface area (Å²) in [5.74, 6) is -3.21. The summed E-state index contributed by atoms with van der Waals surface area (Å²) < 4.78 is 16.8. The molecule has 0 bridgehead atoms. The highest BCUT2D eigenvalue weighted by molar-refractivity contribution is 5.92. The van der Waals surface area contributed by atoms with Crippen molar-refractivity contribution in [2.24, 2.45) is 0 Å². The molecule has 5 rings (SSSR count). The van der Waals surface area contributed by atoms with Gasteiger partial charge in [0.15, 0.2) is 22.5 Å². The lowest BCUT2D eigenvalue weighted by atomic mass is 9.85. The molecule has 11 N–H and O–H groups in total. The van der Waals surface area contributed by atoms with Crippen LogP contribution in [-0.4, -0.2) is 112 Å². The van der Waals surface area contributed by atoms with Gasteiger partial charge in [-0.1, -0.05) is 0 Å². The van der Waals surface area contributed by atoms with Crippen molar-refractivity contribution in [3.8, 4) is 34.3 Å². The lowest BCUT2D eigenvalue weighted by Gasteiger charge is -2.41. The van der Waals surface area contributed by atoms with Gasteiger partial charge in [-0.25, -0.2) is 0 Å². The second kappa shape index (κ2) is 10.7. The van der Waals surface area contributed by atoms with Gasteiger partial charge in [-0.05, 0) is 18.2 Å². The molecule has 0 amide bonds. The van der Waals surface area contributed by atoms with E-state index < -0.39 is 119 Å². The maximum atomic E-state index is 13.4. The molecule has 0 aliphatic carbocycles. The van der Waals surface area contributed by atoms with Crippen molar-refractivity contribution in [3.63, 3.8) is 0 Å². The van der Waals surface area contributed by atoms with Crippen LogP contribution in [0.3, 0.4) is 0 Å². The third kappa shape index (κ3) is 4.66. The first kappa shape index (κ1) is 29.0. The SMILES string of the molecule is O=c1cc(-c2ccc(O)c(O)c2)oc2c([C@@H]3OC[C@H](O)[C@H](O)[C@@H]3O)c(O)c([C@@H]3O[C@@H](CO)[C@@H](O)[C@H](O)[C@H]3O)c(O)c12. The molecule has 1 aromatic heterocycles. The summed E-state index contributed by atoms with van der Waals surface area (Å²) >= 11 is 0. The Hall–Kier alpha value is -3.51. The number of phenols is 4. The van der Waals surface area contributed by atoms with E-state index in [0.29, 0.717) is 0 Å². The third-order valence-corrected chi connectivity index (χ3v) is 7.42. The van der Waals surface area contributed by atoms with Gasteiger partial charge in [0.2, 0.25) is 0 Å². The zero-order valence-electron chi connectivity index (χ0n) is 21.0. The Balaban J connectivity index is 1.81. The maximum absolute atomic E-state index is 13.4. The minimum absolute atomic E-state index is 0.0720. The van der Waals surface area contributed by atoms with E-state index in [4.69, 9.17) is 13.9 Å². The molecule has 9 atom stereocenters. The van der Waals surface area contributed by atoms with E-state index >= 15 is 0 Å². The minimum atomic E-state index is -2.01. The molecule has 2 aromatic carbocycles. The minimum Gasteiger partial charge on any atom is -0.507 e. The molecule has 3 heterocycles. The summed E-state index contributed by atoms with van der Waals surface area (Å²) in [6.07, 6.45) is -16.0. The van der Waals surface area contributed by atoms with E-state index in [1.54, 1.807) is 0 Å². The molecule has 0 radical (unpaired) electrons. The summed E-state index contributed by atoms with van der Waals surface area (Å²) in [5.41, 5.74) is -2.64. The van der Waals surface area contributed by atoms with Crippen LogP contribution < -0.4 is 5.43 Å². The predicted octanol–water partition coefficient (Wildman–Crippen LogP) is -2.05. The monoisotopic (exact) mass is 580 g/mol. The largest absolute Gasteiger partial charge is 0.507 e. The normalized spacial score (nSPS) is 32.3. The fourth-order valence-corrected chi connectivity index (χ4v) is 5.16. The molecule has 2 fully saturated rings. The van der Waals surface area contributed by atoms with Crippen molar-refractivity contribution in [3.05, 3.63) is 45.6 Å². The van der Waals surface area contributed by atoms with Gasteiger partial charge in [-0.15, -0.1) is 0 Å². The van der Waals surface area contributed by atoms with Crippen LogP contribution in [0.5, 0.6) is 23.0 Å². The van der Waals surface area contributed by atoms with Crippen molar-refractivity contribution >= 4 is 11.0 Å². The van der Waals surface area contributed by atoms with Crippen molar-refractivity contribution in [1.82, 2.24) is 0 Å². The average molecular weight is 580 g/mol. The lowest BCUT2D eigenvalue weighted by Crippen LogP contribution is -2.55. The van der Waals surface area contributed by atoms with Crippen LogP contribution in [0.4, 0.5) is 0 Å². The topological polar surface area (TPSA) is 271 Å².